The summed E-state index contributed by atoms with van der Waals surface area (Å²) in [5.74, 6) is 1.85. The maximum Gasteiger partial charge on any atom is 0.132 e. The number of nitrogens with zero attached hydrogens (tertiary/aromatic N) is 4. The third-order valence-electron chi connectivity index (χ3n) is 4.42. The predicted octanol–water partition coefficient (Wildman–Crippen LogP) is 2.27. The Balaban J connectivity index is 1.69. The quantitative estimate of drug-likeness (QED) is 0.834. The minimum absolute atomic E-state index is 0.711. The second-order valence-corrected chi connectivity index (χ2v) is 6.11. The molecule has 2 heterocycles. The molecule has 1 unspecified atom stereocenters. The summed E-state index contributed by atoms with van der Waals surface area (Å²) in [6.07, 6.45) is 8.14. The molecular weight excluding hydrogens is 236 g/mol. The average Bonchev–Trinajstić information content (AvgIpc) is 3.25. The van der Waals surface area contributed by atoms with E-state index in [1.807, 2.05) is 0 Å². The molecule has 0 bridgehead atoms. The van der Waals surface area contributed by atoms with Gasteiger partial charge < -0.3 is 9.80 Å². The van der Waals surface area contributed by atoms with E-state index in [9.17, 15) is 0 Å². The van der Waals surface area contributed by atoms with Crippen molar-refractivity contribution in [2.24, 2.45) is 0 Å². The van der Waals surface area contributed by atoms with E-state index in [1.165, 1.54) is 37.8 Å². The van der Waals surface area contributed by atoms with Gasteiger partial charge in [0, 0.05) is 36.8 Å². The number of hydrogen-bond donors (Lipinski definition) is 0. The smallest absolute Gasteiger partial charge is 0.132 e. The van der Waals surface area contributed by atoms with Crippen LogP contribution in [0.5, 0.6) is 0 Å². The lowest BCUT2D eigenvalue weighted by Crippen LogP contribution is -2.30. The molecule has 1 atom stereocenters. The Hall–Kier alpha value is -1.16. The van der Waals surface area contributed by atoms with Crippen molar-refractivity contribution in [3.8, 4) is 0 Å². The van der Waals surface area contributed by atoms with Crippen molar-refractivity contribution in [1.82, 2.24) is 14.9 Å². The summed E-state index contributed by atoms with van der Waals surface area (Å²) in [7, 11) is 4.38. The van der Waals surface area contributed by atoms with Gasteiger partial charge in [-0.15, -0.1) is 0 Å². The predicted molar refractivity (Wildman–Crippen MR) is 77.5 cm³/mol. The highest BCUT2D eigenvalue weighted by molar-refractivity contribution is 5.40. The first-order valence-electron chi connectivity index (χ1n) is 7.47. The lowest BCUT2D eigenvalue weighted by atomic mass is 10.1. The summed E-state index contributed by atoms with van der Waals surface area (Å²) >= 11 is 0. The van der Waals surface area contributed by atoms with Crippen LogP contribution in [0.1, 0.15) is 43.7 Å². The van der Waals surface area contributed by atoms with Crippen LogP contribution in [0.2, 0.25) is 0 Å². The molecule has 1 aliphatic heterocycles. The number of hydrogen-bond acceptors (Lipinski definition) is 4. The minimum Gasteiger partial charge on any atom is -0.356 e. The fourth-order valence-corrected chi connectivity index (χ4v) is 2.96. The molecule has 1 saturated carbocycles. The van der Waals surface area contributed by atoms with Crippen LogP contribution in [0, 0.1) is 0 Å². The van der Waals surface area contributed by atoms with E-state index in [4.69, 9.17) is 0 Å². The summed E-state index contributed by atoms with van der Waals surface area (Å²) in [5.41, 5.74) is 1.25. The molecule has 1 saturated heterocycles. The lowest BCUT2D eigenvalue weighted by Gasteiger charge is -2.24. The summed E-state index contributed by atoms with van der Waals surface area (Å²) in [6, 6.07) is 2.93. The third-order valence-corrected chi connectivity index (χ3v) is 4.42. The Morgan fingerprint density at radius 3 is 2.68 bits per heavy atom. The number of rotatable bonds is 3. The largest absolute Gasteiger partial charge is 0.356 e. The molecule has 0 amide bonds. The fraction of sp³-hybridized carbons (Fsp3) is 0.733. The maximum atomic E-state index is 4.49. The molecule has 0 N–H and O–H groups in total. The van der Waals surface area contributed by atoms with Crippen molar-refractivity contribution in [3.05, 3.63) is 18.1 Å². The second-order valence-electron chi connectivity index (χ2n) is 6.11. The van der Waals surface area contributed by atoms with Gasteiger partial charge in [0.1, 0.15) is 12.1 Å². The number of anilines is 1. The van der Waals surface area contributed by atoms with Crippen molar-refractivity contribution in [2.75, 3.05) is 32.1 Å². The fourth-order valence-electron chi connectivity index (χ4n) is 2.96. The third kappa shape index (κ3) is 3.06. The van der Waals surface area contributed by atoms with Gasteiger partial charge in [-0.3, -0.25) is 0 Å². The van der Waals surface area contributed by atoms with E-state index in [0.717, 1.165) is 24.9 Å². The highest BCUT2D eigenvalue weighted by Crippen LogP contribution is 2.39. The normalized spacial score (nSPS) is 24.6. The maximum absolute atomic E-state index is 4.49. The van der Waals surface area contributed by atoms with Crippen molar-refractivity contribution < 1.29 is 0 Å². The number of aromatic nitrogens is 2. The van der Waals surface area contributed by atoms with Crippen LogP contribution in [0.4, 0.5) is 5.82 Å². The molecule has 0 spiro atoms. The Bertz CT molecular complexity index is 428. The summed E-state index contributed by atoms with van der Waals surface area (Å²) < 4.78 is 0. The van der Waals surface area contributed by atoms with E-state index in [2.05, 4.69) is 39.9 Å². The molecule has 2 fully saturated rings. The van der Waals surface area contributed by atoms with Crippen LogP contribution >= 0.6 is 0 Å². The molecule has 1 aromatic heterocycles. The molecule has 1 aromatic rings. The Kier molecular flexibility index (Phi) is 3.69. The van der Waals surface area contributed by atoms with Crippen molar-refractivity contribution in [1.29, 1.82) is 0 Å². The van der Waals surface area contributed by atoms with E-state index >= 15 is 0 Å². The van der Waals surface area contributed by atoms with Crippen molar-refractivity contribution >= 4 is 5.82 Å². The molecule has 19 heavy (non-hydrogen) atoms. The average molecular weight is 260 g/mol. The van der Waals surface area contributed by atoms with Crippen LogP contribution in [0.25, 0.3) is 0 Å². The summed E-state index contributed by atoms with van der Waals surface area (Å²) in [5, 5.41) is 0. The van der Waals surface area contributed by atoms with Gasteiger partial charge in [0.15, 0.2) is 0 Å². The Morgan fingerprint density at radius 2 is 1.95 bits per heavy atom. The monoisotopic (exact) mass is 260 g/mol. The Morgan fingerprint density at radius 1 is 1.11 bits per heavy atom. The second kappa shape index (κ2) is 5.45. The molecule has 3 rings (SSSR count). The minimum atomic E-state index is 0.711. The van der Waals surface area contributed by atoms with Crippen LogP contribution in [-0.2, 0) is 0 Å². The molecule has 104 valence electrons. The van der Waals surface area contributed by atoms with Gasteiger partial charge in [-0.25, -0.2) is 9.97 Å². The van der Waals surface area contributed by atoms with Crippen LogP contribution < -0.4 is 4.90 Å². The van der Waals surface area contributed by atoms with Gasteiger partial charge in [0.05, 0.1) is 0 Å². The van der Waals surface area contributed by atoms with Gasteiger partial charge in [0.25, 0.3) is 0 Å². The summed E-state index contributed by atoms with van der Waals surface area (Å²) in [6.45, 7) is 2.25. The topological polar surface area (TPSA) is 32.3 Å². The standard InChI is InChI=1S/C15H24N4/c1-18(2)13-4-3-8-19(9-7-13)15-10-14(12-5-6-12)16-11-17-15/h10-13H,3-9H2,1-2H3. The SMILES string of the molecule is CN(C)C1CCCN(c2cc(C3CC3)ncn2)CC1. The van der Waals surface area contributed by atoms with Crippen LogP contribution in [0.3, 0.4) is 0 Å². The zero-order valence-corrected chi connectivity index (χ0v) is 12.0. The van der Waals surface area contributed by atoms with E-state index in [-0.39, 0.29) is 0 Å². The zero-order valence-electron chi connectivity index (χ0n) is 12.0. The van der Waals surface area contributed by atoms with E-state index < -0.39 is 0 Å². The van der Waals surface area contributed by atoms with Crippen LogP contribution in [0.15, 0.2) is 12.4 Å². The van der Waals surface area contributed by atoms with Crippen molar-refractivity contribution in [3.63, 3.8) is 0 Å². The first kappa shape index (κ1) is 12.9. The first-order valence-corrected chi connectivity index (χ1v) is 7.47. The Labute approximate surface area is 115 Å². The van der Waals surface area contributed by atoms with E-state index in [1.54, 1.807) is 6.33 Å². The molecule has 0 aromatic carbocycles. The van der Waals surface area contributed by atoms with Gasteiger partial charge in [-0.05, 0) is 46.2 Å². The molecule has 4 nitrogen and oxygen atoms in total. The van der Waals surface area contributed by atoms with Crippen molar-refractivity contribution in [2.45, 2.75) is 44.1 Å². The van der Waals surface area contributed by atoms with E-state index in [0.29, 0.717) is 5.92 Å². The first-order chi connectivity index (χ1) is 9.24. The van der Waals surface area contributed by atoms with Gasteiger partial charge >= 0.3 is 0 Å². The highest BCUT2D eigenvalue weighted by Gasteiger charge is 2.26. The zero-order chi connectivity index (χ0) is 13.2. The molecule has 0 radical (unpaired) electrons. The molecule has 1 aliphatic carbocycles. The van der Waals surface area contributed by atoms with Gasteiger partial charge in [0.2, 0.25) is 0 Å². The molecule has 4 heteroatoms. The summed E-state index contributed by atoms with van der Waals surface area (Å²) in [4.78, 5) is 13.7. The van der Waals surface area contributed by atoms with Gasteiger partial charge in [-0.1, -0.05) is 0 Å². The molecule has 2 aliphatic rings. The molecular formula is C15H24N4. The van der Waals surface area contributed by atoms with Gasteiger partial charge in [-0.2, -0.15) is 0 Å². The highest BCUT2D eigenvalue weighted by atomic mass is 15.2. The lowest BCUT2D eigenvalue weighted by molar-refractivity contribution is 0.272. The van der Waals surface area contributed by atoms with Crippen LogP contribution in [-0.4, -0.2) is 48.1 Å².